The van der Waals surface area contributed by atoms with Crippen LogP contribution >= 0.6 is 0 Å². The molecule has 0 saturated heterocycles. The molecule has 0 unspecified atom stereocenters. The summed E-state index contributed by atoms with van der Waals surface area (Å²) >= 11 is 0. The zero-order valence-electron chi connectivity index (χ0n) is 8.51. The number of hydrogen-bond acceptors (Lipinski definition) is 3. The van der Waals surface area contributed by atoms with E-state index < -0.39 is 0 Å². The standard InChI is InChI=1S/C13H9N3/c14-8-11-6-5-10-4-3-9-2-1-7-15-12(9)13(10)16-11/h1-8,14H. The van der Waals surface area contributed by atoms with Gasteiger partial charge in [0, 0.05) is 23.2 Å². The third-order valence-corrected chi connectivity index (χ3v) is 2.60. The van der Waals surface area contributed by atoms with Crippen molar-refractivity contribution in [1.82, 2.24) is 9.97 Å². The minimum Gasteiger partial charge on any atom is -0.307 e. The molecule has 3 aromatic rings. The molecule has 0 bridgehead atoms. The summed E-state index contributed by atoms with van der Waals surface area (Å²) < 4.78 is 0. The zero-order chi connectivity index (χ0) is 11.0. The second kappa shape index (κ2) is 3.38. The van der Waals surface area contributed by atoms with Gasteiger partial charge < -0.3 is 5.41 Å². The molecule has 3 heteroatoms. The molecule has 3 rings (SSSR count). The Balaban J connectivity index is 2.52. The lowest BCUT2D eigenvalue weighted by molar-refractivity contribution is 1.35. The smallest absolute Gasteiger partial charge is 0.0972 e. The molecule has 16 heavy (non-hydrogen) atoms. The predicted molar refractivity (Wildman–Crippen MR) is 64.9 cm³/mol. The van der Waals surface area contributed by atoms with Crippen molar-refractivity contribution in [3.8, 4) is 0 Å². The van der Waals surface area contributed by atoms with E-state index in [1.807, 2.05) is 36.4 Å². The van der Waals surface area contributed by atoms with Crippen LogP contribution in [0.5, 0.6) is 0 Å². The fraction of sp³-hybridized carbons (Fsp3) is 0. The van der Waals surface area contributed by atoms with Crippen LogP contribution in [0.15, 0.2) is 42.6 Å². The van der Waals surface area contributed by atoms with Gasteiger partial charge in [-0.3, -0.25) is 4.98 Å². The van der Waals surface area contributed by atoms with Crippen molar-refractivity contribution in [2.45, 2.75) is 0 Å². The zero-order valence-corrected chi connectivity index (χ0v) is 8.51. The van der Waals surface area contributed by atoms with Gasteiger partial charge in [-0.15, -0.1) is 0 Å². The quantitative estimate of drug-likeness (QED) is 0.492. The maximum absolute atomic E-state index is 7.22. The summed E-state index contributed by atoms with van der Waals surface area (Å²) in [7, 11) is 0. The number of rotatable bonds is 1. The summed E-state index contributed by atoms with van der Waals surface area (Å²) in [6, 6.07) is 11.8. The Kier molecular flexibility index (Phi) is 1.90. The molecule has 2 aromatic heterocycles. The Morgan fingerprint density at radius 2 is 1.69 bits per heavy atom. The third-order valence-electron chi connectivity index (χ3n) is 2.60. The molecule has 0 radical (unpaired) electrons. The van der Waals surface area contributed by atoms with E-state index in [9.17, 15) is 0 Å². The van der Waals surface area contributed by atoms with Gasteiger partial charge in [-0.05, 0) is 12.1 Å². The lowest BCUT2D eigenvalue weighted by Crippen LogP contribution is -1.89. The van der Waals surface area contributed by atoms with Crippen LogP contribution in [0, 0.1) is 5.41 Å². The van der Waals surface area contributed by atoms with Crippen LogP contribution in [0.2, 0.25) is 0 Å². The van der Waals surface area contributed by atoms with Crippen LogP contribution in [0.3, 0.4) is 0 Å². The molecule has 0 amide bonds. The van der Waals surface area contributed by atoms with Crippen LogP contribution in [-0.4, -0.2) is 16.2 Å². The summed E-state index contributed by atoms with van der Waals surface area (Å²) in [5.41, 5.74) is 2.41. The maximum Gasteiger partial charge on any atom is 0.0972 e. The highest BCUT2D eigenvalue weighted by Crippen LogP contribution is 2.21. The van der Waals surface area contributed by atoms with Crippen molar-refractivity contribution in [2.75, 3.05) is 0 Å². The van der Waals surface area contributed by atoms with Gasteiger partial charge in [0.1, 0.15) is 0 Å². The van der Waals surface area contributed by atoms with E-state index in [0.29, 0.717) is 5.69 Å². The van der Waals surface area contributed by atoms with E-state index in [1.54, 1.807) is 6.20 Å². The SMILES string of the molecule is N=Cc1ccc2ccc3cccnc3c2n1. The van der Waals surface area contributed by atoms with Crippen molar-refractivity contribution in [3.63, 3.8) is 0 Å². The van der Waals surface area contributed by atoms with Gasteiger partial charge in [0.05, 0.1) is 16.7 Å². The Hall–Kier alpha value is -2.29. The molecular weight excluding hydrogens is 198 g/mol. The second-order valence-corrected chi connectivity index (χ2v) is 3.59. The molecule has 0 fully saturated rings. The van der Waals surface area contributed by atoms with E-state index in [2.05, 4.69) is 9.97 Å². The van der Waals surface area contributed by atoms with Crippen molar-refractivity contribution >= 4 is 28.0 Å². The lowest BCUT2D eigenvalue weighted by atomic mass is 10.1. The summed E-state index contributed by atoms with van der Waals surface area (Å²) in [4.78, 5) is 8.76. The number of pyridine rings is 2. The Morgan fingerprint density at radius 3 is 2.50 bits per heavy atom. The first kappa shape index (κ1) is 8.97. The van der Waals surface area contributed by atoms with Gasteiger partial charge in [0.15, 0.2) is 0 Å². The molecule has 0 spiro atoms. The van der Waals surface area contributed by atoms with E-state index >= 15 is 0 Å². The number of hydrogen-bond donors (Lipinski definition) is 1. The van der Waals surface area contributed by atoms with Gasteiger partial charge in [0.2, 0.25) is 0 Å². The van der Waals surface area contributed by atoms with Gasteiger partial charge in [-0.1, -0.05) is 24.3 Å². The van der Waals surface area contributed by atoms with Gasteiger partial charge in [-0.25, -0.2) is 4.98 Å². The summed E-state index contributed by atoms with van der Waals surface area (Å²) in [6.45, 7) is 0. The summed E-state index contributed by atoms with van der Waals surface area (Å²) in [5, 5.41) is 9.35. The summed E-state index contributed by atoms with van der Waals surface area (Å²) in [6.07, 6.45) is 3.02. The fourth-order valence-corrected chi connectivity index (χ4v) is 1.82. The Morgan fingerprint density at radius 1 is 0.938 bits per heavy atom. The number of fused-ring (bicyclic) bond motifs is 3. The van der Waals surface area contributed by atoms with Gasteiger partial charge in [-0.2, -0.15) is 0 Å². The number of aromatic nitrogens is 2. The molecule has 0 aliphatic heterocycles. The van der Waals surface area contributed by atoms with Gasteiger partial charge in [0.25, 0.3) is 0 Å². The predicted octanol–water partition coefficient (Wildman–Crippen LogP) is 2.78. The minimum atomic E-state index is 0.658. The third kappa shape index (κ3) is 1.26. The highest BCUT2D eigenvalue weighted by molar-refractivity contribution is 6.03. The highest BCUT2D eigenvalue weighted by atomic mass is 14.8. The van der Waals surface area contributed by atoms with Crippen molar-refractivity contribution in [3.05, 3.63) is 48.3 Å². The number of nitrogens with zero attached hydrogens (tertiary/aromatic N) is 2. The fourth-order valence-electron chi connectivity index (χ4n) is 1.82. The molecule has 1 N–H and O–H groups in total. The average Bonchev–Trinajstić information content (AvgIpc) is 2.38. The number of nitrogens with one attached hydrogen (secondary N) is 1. The molecule has 76 valence electrons. The molecule has 2 heterocycles. The molecule has 3 nitrogen and oxygen atoms in total. The molecule has 0 aliphatic carbocycles. The van der Waals surface area contributed by atoms with E-state index in [-0.39, 0.29) is 0 Å². The first-order valence-corrected chi connectivity index (χ1v) is 5.03. The van der Waals surface area contributed by atoms with Crippen molar-refractivity contribution in [1.29, 1.82) is 5.41 Å². The van der Waals surface area contributed by atoms with Crippen molar-refractivity contribution in [2.24, 2.45) is 0 Å². The first-order valence-electron chi connectivity index (χ1n) is 5.03. The van der Waals surface area contributed by atoms with Crippen LogP contribution < -0.4 is 0 Å². The molecule has 0 atom stereocenters. The molecule has 0 saturated carbocycles. The number of benzene rings is 1. The van der Waals surface area contributed by atoms with E-state index in [4.69, 9.17) is 5.41 Å². The summed E-state index contributed by atoms with van der Waals surface area (Å²) in [5.74, 6) is 0. The van der Waals surface area contributed by atoms with Crippen LogP contribution in [0.25, 0.3) is 21.8 Å². The minimum absolute atomic E-state index is 0.658. The molecule has 0 aliphatic rings. The van der Waals surface area contributed by atoms with Crippen LogP contribution in [0.1, 0.15) is 5.69 Å². The van der Waals surface area contributed by atoms with Gasteiger partial charge >= 0.3 is 0 Å². The molecule has 1 aromatic carbocycles. The van der Waals surface area contributed by atoms with E-state index in [1.165, 1.54) is 6.21 Å². The van der Waals surface area contributed by atoms with Crippen LogP contribution in [-0.2, 0) is 0 Å². The monoisotopic (exact) mass is 207 g/mol. The normalized spacial score (nSPS) is 10.8. The second-order valence-electron chi connectivity index (χ2n) is 3.59. The average molecular weight is 207 g/mol. The van der Waals surface area contributed by atoms with E-state index in [0.717, 1.165) is 21.8 Å². The maximum atomic E-state index is 7.22. The van der Waals surface area contributed by atoms with Crippen molar-refractivity contribution < 1.29 is 0 Å². The topological polar surface area (TPSA) is 49.6 Å². The largest absolute Gasteiger partial charge is 0.307 e. The highest BCUT2D eigenvalue weighted by Gasteiger charge is 2.02. The Bertz CT molecular complexity index is 689. The van der Waals surface area contributed by atoms with Crippen LogP contribution in [0.4, 0.5) is 0 Å². The lowest BCUT2D eigenvalue weighted by Gasteiger charge is -2.02. The molecular formula is C13H9N3. The Labute approximate surface area is 92.3 Å². The first-order chi connectivity index (χ1) is 7.88.